The van der Waals surface area contributed by atoms with Crippen LogP contribution >= 0.6 is 0 Å². The molecule has 3 N–H and O–H groups in total. The van der Waals surface area contributed by atoms with E-state index < -0.39 is 11.4 Å². The SMILES string of the molecule is N#Cc1ccc2c(c1)[nH]c1c(=O)c(C(=O)O)c[nH]c12. The molecular weight excluding hydrogens is 246 g/mol. The summed E-state index contributed by atoms with van der Waals surface area (Å²) in [5, 5.41) is 18.5. The van der Waals surface area contributed by atoms with Crippen LogP contribution in [0, 0.1) is 11.3 Å². The molecule has 0 bridgehead atoms. The first-order chi connectivity index (χ1) is 9.11. The van der Waals surface area contributed by atoms with Crippen molar-refractivity contribution in [3.05, 3.63) is 45.7 Å². The second kappa shape index (κ2) is 3.71. The maximum atomic E-state index is 12.0. The third-order valence-corrected chi connectivity index (χ3v) is 2.99. The number of aromatic carboxylic acids is 1. The lowest BCUT2D eigenvalue weighted by atomic mass is 10.1. The van der Waals surface area contributed by atoms with Crippen LogP contribution in [0.1, 0.15) is 15.9 Å². The predicted octanol–water partition coefficient (Wildman–Crippen LogP) is 1.58. The third-order valence-electron chi connectivity index (χ3n) is 2.99. The summed E-state index contributed by atoms with van der Waals surface area (Å²) in [4.78, 5) is 28.6. The molecule has 2 heterocycles. The number of benzene rings is 1. The molecule has 0 fully saturated rings. The molecule has 0 spiro atoms. The van der Waals surface area contributed by atoms with E-state index in [4.69, 9.17) is 10.4 Å². The van der Waals surface area contributed by atoms with E-state index in [1.54, 1.807) is 18.2 Å². The lowest BCUT2D eigenvalue weighted by Gasteiger charge is -1.94. The number of carbonyl (C=O) groups is 1. The molecule has 0 aliphatic rings. The number of nitrogens with zero attached hydrogens (tertiary/aromatic N) is 1. The highest BCUT2D eigenvalue weighted by Crippen LogP contribution is 2.22. The second-order valence-corrected chi connectivity index (χ2v) is 4.08. The van der Waals surface area contributed by atoms with E-state index in [-0.39, 0.29) is 11.1 Å². The van der Waals surface area contributed by atoms with Crippen LogP contribution in [0.25, 0.3) is 21.9 Å². The fourth-order valence-electron chi connectivity index (χ4n) is 2.09. The highest BCUT2D eigenvalue weighted by atomic mass is 16.4. The van der Waals surface area contributed by atoms with Gasteiger partial charge in [0.25, 0.3) is 0 Å². The van der Waals surface area contributed by atoms with Crippen LogP contribution in [0.4, 0.5) is 0 Å². The number of fused-ring (bicyclic) bond motifs is 3. The molecular formula is C13H7N3O3. The van der Waals surface area contributed by atoms with Crippen molar-refractivity contribution in [2.45, 2.75) is 0 Å². The number of carboxylic acids is 1. The monoisotopic (exact) mass is 253 g/mol. The fourth-order valence-corrected chi connectivity index (χ4v) is 2.09. The number of nitriles is 1. The van der Waals surface area contributed by atoms with E-state index in [0.29, 0.717) is 16.6 Å². The molecule has 0 saturated heterocycles. The Hall–Kier alpha value is -3.07. The van der Waals surface area contributed by atoms with Gasteiger partial charge < -0.3 is 15.1 Å². The second-order valence-electron chi connectivity index (χ2n) is 4.08. The molecule has 0 radical (unpaired) electrons. The Labute approximate surface area is 105 Å². The summed E-state index contributed by atoms with van der Waals surface area (Å²) in [6, 6.07) is 6.97. The molecule has 3 aromatic rings. The number of aromatic amines is 2. The maximum absolute atomic E-state index is 12.0. The molecule has 0 aliphatic carbocycles. The van der Waals surface area contributed by atoms with Gasteiger partial charge in [0.2, 0.25) is 5.43 Å². The zero-order chi connectivity index (χ0) is 13.6. The molecule has 92 valence electrons. The highest BCUT2D eigenvalue weighted by Gasteiger charge is 2.14. The number of carboxylic acid groups (broad SMARTS) is 1. The average molecular weight is 253 g/mol. The van der Waals surface area contributed by atoms with Crippen LogP contribution < -0.4 is 5.43 Å². The first-order valence-corrected chi connectivity index (χ1v) is 5.42. The lowest BCUT2D eigenvalue weighted by Crippen LogP contribution is -2.15. The van der Waals surface area contributed by atoms with E-state index in [9.17, 15) is 9.59 Å². The van der Waals surface area contributed by atoms with Crippen molar-refractivity contribution >= 4 is 27.9 Å². The molecule has 3 rings (SSSR count). The Bertz CT molecular complexity index is 928. The Morgan fingerprint density at radius 2 is 2.11 bits per heavy atom. The third kappa shape index (κ3) is 1.49. The number of hydrogen-bond acceptors (Lipinski definition) is 3. The van der Waals surface area contributed by atoms with Crippen LogP contribution in [0.2, 0.25) is 0 Å². The fraction of sp³-hybridized carbons (Fsp3) is 0. The quantitative estimate of drug-likeness (QED) is 0.611. The number of pyridine rings is 1. The summed E-state index contributed by atoms with van der Waals surface area (Å²) in [5.74, 6) is -1.28. The minimum Gasteiger partial charge on any atom is -0.477 e. The number of aromatic nitrogens is 2. The number of hydrogen-bond donors (Lipinski definition) is 3. The van der Waals surface area contributed by atoms with Gasteiger partial charge in [-0.1, -0.05) is 0 Å². The molecule has 6 nitrogen and oxygen atoms in total. The molecule has 0 atom stereocenters. The number of rotatable bonds is 1. The van der Waals surface area contributed by atoms with Crippen LogP contribution in [-0.4, -0.2) is 21.0 Å². The Morgan fingerprint density at radius 1 is 1.32 bits per heavy atom. The van der Waals surface area contributed by atoms with Crippen molar-refractivity contribution in [3.63, 3.8) is 0 Å². The Morgan fingerprint density at radius 3 is 2.79 bits per heavy atom. The van der Waals surface area contributed by atoms with E-state index >= 15 is 0 Å². The van der Waals surface area contributed by atoms with E-state index in [1.165, 1.54) is 6.20 Å². The molecule has 0 amide bonds. The molecule has 0 aliphatic heterocycles. The maximum Gasteiger partial charge on any atom is 0.341 e. The largest absolute Gasteiger partial charge is 0.477 e. The molecule has 2 aromatic heterocycles. The van der Waals surface area contributed by atoms with Gasteiger partial charge in [0.05, 0.1) is 17.1 Å². The van der Waals surface area contributed by atoms with E-state index in [0.717, 1.165) is 5.39 Å². The number of H-pyrrole nitrogens is 2. The van der Waals surface area contributed by atoms with Crippen molar-refractivity contribution in [1.82, 2.24) is 9.97 Å². The lowest BCUT2D eigenvalue weighted by molar-refractivity contribution is 0.0695. The van der Waals surface area contributed by atoms with Crippen LogP contribution in [0.15, 0.2) is 29.2 Å². The predicted molar refractivity (Wildman–Crippen MR) is 68.1 cm³/mol. The summed E-state index contributed by atoms with van der Waals surface area (Å²) in [6.07, 6.45) is 1.18. The van der Waals surface area contributed by atoms with Gasteiger partial charge in [-0.3, -0.25) is 4.79 Å². The molecule has 0 unspecified atom stereocenters. The van der Waals surface area contributed by atoms with Gasteiger partial charge in [-0.25, -0.2) is 4.79 Å². The smallest absolute Gasteiger partial charge is 0.341 e. The summed E-state index contributed by atoms with van der Waals surface area (Å²) < 4.78 is 0. The summed E-state index contributed by atoms with van der Waals surface area (Å²) >= 11 is 0. The van der Waals surface area contributed by atoms with Crippen molar-refractivity contribution in [3.8, 4) is 6.07 Å². The zero-order valence-corrected chi connectivity index (χ0v) is 9.52. The standard InChI is InChI=1S/C13H7N3O3/c14-4-6-1-2-7-9(3-6)16-11-10(7)15-5-8(12(11)17)13(18)19/h1-3,5,16H,(H,15,17)(H,18,19). The van der Waals surface area contributed by atoms with Crippen molar-refractivity contribution in [2.75, 3.05) is 0 Å². The van der Waals surface area contributed by atoms with Gasteiger partial charge in [-0.05, 0) is 18.2 Å². The van der Waals surface area contributed by atoms with Crippen molar-refractivity contribution in [1.29, 1.82) is 5.26 Å². The summed E-state index contributed by atoms with van der Waals surface area (Å²) in [6.45, 7) is 0. The summed E-state index contributed by atoms with van der Waals surface area (Å²) in [7, 11) is 0. The molecule has 6 heteroatoms. The molecule has 0 saturated carbocycles. The average Bonchev–Trinajstić information content (AvgIpc) is 2.77. The number of nitrogens with one attached hydrogen (secondary N) is 2. The van der Waals surface area contributed by atoms with Gasteiger partial charge in [0, 0.05) is 17.1 Å². The van der Waals surface area contributed by atoms with Gasteiger partial charge in [-0.2, -0.15) is 5.26 Å². The molecule has 19 heavy (non-hydrogen) atoms. The van der Waals surface area contributed by atoms with Crippen LogP contribution in [-0.2, 0) is 0 Å². The van der Waals surface area contributed by atoms with E-state index in [1.807, 2.05) is 6.07 Å². The zero-order valence-electron chi connectivity index (χ0n) is 9.52. The Balaban J connectivity index is 2.47. The van der Waals surface area contributed by atoms with Gasteiger partial charge in [0.15, 0.2) is 0 Å². The molecule has 1 aromatic carbocycles. The highest BCUT2D eigenvalue weighted by molar-refractivity contribution is 6.06. The van der Waals surface area contributed by atoms with E-state index in [2.05, 4.69) is 9.97 Å². The van der Waals surface area contributed by atoms with Crippen LogP contribution in [0.5, 0.6) is 0 Å². The van der Waals surface area contributed by atoms with Crippen molar-refractivity contribution in [2.24, 2.45) is 0 Å². The minimum absolute atomic E-state index is 0.199. The minimum atomic E-state index is -1.28. The first-order valence-electron chi connectivity index (χ1n) is 5.42. The van der Waals surface area contributed by atoms with Gasteiger partial charge in [-0.15, -0.1) is 0 Å². The normalized spacial score (nSPS) is 10.7. The first kappa shape index (κ1) is 11.0. The van der Waals surface area contributed by atoms with Gasteiger partial charge >= 0.3 is 5.97 Å². The topological polar surface area (TPSA) is 110 Å². The Kier molecular flexibility index (Phi) is 2.16. The summed E-state index contributed by atoms with van der Waals surface area (Å²) in [5.41, 5.74) is 0.921. The van der Waals surface area contributed by atoms with Crippen LogP contribution in [0.3, 0.4) is 0 Å². The van der Waals surface area contributed by atoms with Crippen molar-refractivity contribution < 1.29 is 9.90 Å². The van der Waals surface area contributed by atoms with Gasteiger partial charge in [0.1, 0.15) is 11.1 Å².